The van der Waals surface area contributed by atoms with Gasteiger partial charge >= 0.3 is 0 Å². The van der Waals surface area contributed by atoms with Crippen LogP contribution in [0.5, 0.6) is 0 Å². The van der Waals surface area contributed by atoms with Crippen molar-refractivity contribution < 1.29 is 0 Å². The van der Waals surface area contributed by atoms with Gasteiger partial charge in [0, 0.05) is 13.1 Å². The molecule has 0 amide bonds. The summed E-state index contributed by atoms with van der Waals surface area (Å²) >= 11 is 0. The third kappa shape index (κ3) is 2.81. The van der Waals surface area contributed by atoms with E-state index in [2.05, 4.69) is 16.8 Å². The number of nitrogens with zero attached hydrogens (tertiary/aromatic N) is 2. The highest BCUT2D eigenvalue weighted by molar-refractivity contribution is 5.77. The summed E-state index contributed by atoms with van der Waals surface area (Å²) in [7, 11) is 0. The van der Waals surface area contributed by atoms with Crippen LogP contribution in [0.4, 0.5) is 0 Å². The Labute approximate surface area is 74.6 Å². The fourth-order valence-electron chi connectivity index (χ4n) is 1.62. The molecule has 3 heteroatoms. The van der Waals surface area contributed by atoms with Crippen molar-refractivity contribution in [3.63, 3.8) is 0 Å². The largest absolute Gasteiger partial charge is 0.388 e. The number of nitrogens with two attached hydrogens (primary N) is 1. The molecular weight excluding hydrogens is 150 g/mol. The monoisotopic (exact) mass is 169 g/mol. The van der Waals surface area contributed by atoms with Crippen LogP contribution in [0, 0.1) is 5.92 Å². The van der Waals surface area contributed by atoms with Crippen LogP contribution in [-0.4, -0.2) is 36.9 Å². The van der Waals surface area contributed by atoms with Gasteiger partial charge in [-0.15, -0.1) is 0 Å². The second kappa shape index (κ2) is 4.45. The lowest BCUT2D eigenvalue weighted by atomic mass is 10.1. The molecule has 0 bridgehead atoms. The van der Waals surface area contributed by atoms with Gasteiger partial charge in [-0.3, -0.25) is 4.99 Å². The highest BCUT2D eigenvalue weighted by atomic mass is 15.1. The first-order valence-corrected chi connectivity index (χ1v) is 4.71. The first-order valence-electron chi connectivity index (χ1n) is 4.71. The lowest BCUT2D eigenvalue weighted by Gasteiger charge is -2.11. The van der Waals surface area contributed by atoms with Crippen LogP contribution in [0.25, 0.3) is 0 Å². The van der Waals surface area contributed by atoms with E-state index in [-0.39, 0.29) is 0 Å². The molecule has 2 N–H and O–H groups in total. The molecule has 1 saturated heterocycles. The number of rotatable bonds is 3. The van der Waals surface area contributed by atoms with Gasteiger partial charge in [0.05, 0.1) is 5.84 Å². The van der Waals surface area contributed by atoms with E-state index in [0.717, 1.165) is 12.5 Å². The molecule has 0 spiro atoms. The Hall–Kier alpha value is -0.570. The molecule has 1 fully saturated rings. The van der Waals surface area contributed by atoms with Crippen molar-refractivity contribution in [2.75, 3.05) is 26.2 Å². The van der Waals surface area contributed by atoms with Crippen LogP contribution in [0.15, 0.2) is 4.99 Å². The number of hydrogen-bond acceptors (Lipinski definition) is 2. The molecule has 0 aromatic heterocycles. The number of hydrogen-bond donors (Lipinski definition) is 1. The summed E-state index contributed by atoms with van der Waals surface area (Å²) in [5, 5.41) is 0. The van der Waals surface area contributed by atoms with Crippen LogP contribution < -0.4 is 5.73 Å². The van der Waals surface area contributed by atoms with E-state index in [9.17, 15) is 0 Å². The van der Waals surface area contributed by atoms with Gasteiger partial charge < -0.3 is 10.6 Å². The Kier molecular flexibility index (Phi) is 3.53. The summed E-state index contributed by atoms with van der Waals surface area (Å²) < 4.78 is 0. The van der Waals surface area contributed by atoms with Gasteiger partial charge in [0.25, 0.3) is 0 Å². The van der Waals surface area contributed by atoms with Crippen molar-refractivity contribution in [2.45, 2.75) is 20.3 Å². The Morgan fingerprint density at radius 3 is 2.92 bits per heavy atom. The predicted molar refractivity (Wildman–Crippen MR) is 52.4 cm³/mol. The quantitative estimate of drug-likeness (QED) is 0.499. The maximum Gasteiger partial charge on any atom is 0.0905 e. The molecule has 0 saturated carbocycles. The molecule has 1 atom stereocenters. The van der Waals surface area contributed by atoms with Gasteiger partial charge in [-0.2, -0.15) is 0 Å². The number of aliphatic imine (C=N–C) groups is 1. The summed E-state index contributed by atoms with van der Waals surface area (Å²) in [6.07, 6.45) is 1.28. The Morgan fingerprint density at radius 1 is 1.67 bits per heavy atom. The molecule has 1 heterocycles. The zero-order valence-corrected chi connectivity index (χ0v) is 8.08. The summed E-state index contributed by atoms with van der Waals surface area (Å²) in [5.74, 6) is 1.45. The fraction of sp³-hybridized carbons (Fsp3) is 0.889. The minimum absolute atomic E-state index is 0.713. The van der Waals surface area contributed by atoms with Gasteiger partial charge in [0.15, 0.2) is 0 Å². The highest BCUT2D eigenvalue weighted by Gasteiger charge is 2.20. The van der Waals surface area contributed by atoms with Crippen LogP contribution >= 0.6 is 0 Å². The second-order valence-corrected chi connectivity index (χ2v) is 3.53. The zero-order chi connectivity index (χ0) is 8.97. The normalized spacial score (nSPS) is 26.5. The maximum absolute atomic E-state index is 5.47. The van der Waals surface area contributed by atoms with Crippen molar-refractivity contribution in [3.05, 3.63) is 0 Å². The van der Waals surface area contributed by atoms with Crippen molar-refractivity contribution >= 4 is 5.84 Å². The first kappa shape index (κ1) is 9.52. The van der Waals surface area contributed by atoms with E-state index >= 15 is 0 Å². The molecule has 1 unspecified atom stereocenters. The molecule has 1 rings (SSSR count). The van der Waals surface area contributed by atoms with Crippen molar-refractivity contribution in [1.29, 1.82) is 0 Å². The Bertz CT molecular complexity index is 161. The molecule has 3 nitrogen and oxygen atoms in total. The molecule has 12 heavy (non-hydrogen) atoms. The van der Waals surface area contributed by atoms with Crippen LogP contribution in [0.1, 0.15) is 20.3 Å². The van der Waals surface area contributed by atoms with Crippen molar-refractivity contribution in [3.8, 4) is 0 Å². The van der Waals surface area contributed by atoms with E-state index in [1.165, 1.54) is 26.1 Å². The average Bonchev–Trinajstić information content (AvgIpc) is 2.48. The SMILES string of the molecule is CCN1CCC(CN=C(C)N)C1. The summed E-state index contributed by atoms with van der Waals surface area (Å²) in [6.45, 7) is 8.58. The minimum atomic E-state index is 0.713. The predicted octanol–water partition coefficient (Wildman–Crippen LogP) is 0.705. The topological polar surface area (TPSA) is 41.6 Å². The molecule has 0 aromatic carbocycles. The Morgan fingerprint density at radius 2 is 2.42 bits per heavy atom. The lowest BCUT2D eigenvalue weighted by molar-refractivity contribution is 0.344. The number of likely N-dealkylation sites (tertiary alicyclic amines) is 1. The zero-order valence-electron chi connectivity index (χ0n) is 8.08. The van der Waals surface area contributed by atoms with E-state index in [1.807, 2.05) is 6.92 Å². The summed E-state index contributed by atoms with van der Waals surface area (Å²) in [6, 6.07) is 0. The van der Waals surface area contributed by atoms with Crippen LogP contribution in [-0.2, 0) is 0 Å². The summed E-state index contributed by atoms with van der Waals surface area (Å²) in [4.78, 5) is 6.71. The standard InChI is InChI=1S/C9H19N3/c1-3-12-5-4-9(7-12)6-11-8(2)10/h9H,3-7H2,1-2H3,(H2,10,11). The van der Waals surface area contributed by atoms with Gasteiger partial charge in [-0.1, -0.05) is 6.92 Å². The first-order chi connectivity index (χ1) is 5.72. The van der Waals surface area contributed by atoms with E-state index in [4.69, 9.17) is 5.73 Å². The molecule has 0 aromatic rings. The molecule has 0 aliphatic carbocycles. The fourth-order valence-corrected chi connectivity index (χ4v) is 1.62. The van der Waals surface area contributed by atoms with Gasteiger partial charge in [0.1, 0.15) is 0 Å². The maximum atomic E-state index is 5.47. The molecule has 1 aliphatic rings. The summed E-state index contributed by atoms with van der Waals surface area (Å²) in [5.41, 5.74) is 5.47. The highest BCUT2D eigenvalue weighted by Crippen LogP contribution is 2.15. The van der Waals surface area contributed by atoms with Gasteiger partial charge in [-0.25, -0.2) is 0 Å². The molecule has 1 aliphatic heterocycles. The number of amidine groups is 1. The lowest BCUT2D eigenvalue weighted by Crippen LogP contribution is -2.20. The Balaban J connectivity index is 2.23. The van der Waals surface area contributed by atoms with E-state index in [1.54, 1.807) is 0 Å². The van der Waals surface area contributed by atoms with Crippen molar-refractivity contribution in [1.82, 2.24) is 4.90 Å². The van der Waals surface area contributed by atoms with Crippen LogP contribution in [0.2, 0.25) is 0 Å². The smallest absolute Gasteiger partial charge is 0.0905 e. The van der Waals surface area contributed by atoms with E-state index in [0.29, 0.717) is 5.84 Å². The molecule has 0 radical (unpaired) electrons. The van der Waals surface area contributed by atoms with Crippen molar-refractivity contribution in [2.24, 2.45) is 16.6 Å². The van der Waals surface area contributed by atoms with Gasteiger partial charge in [-0.05, 0) is 32.4 Å². The van der Waals surface area contributed by atoms with Gasteiger partial charge in [0.2, 0.25) is 0 Å². The third-order valence-corrected chi connectivity index (χ3v) is 2.42. The van der Waals surface area contributed by atoms with E-state index < -0.39 is 0 Å². The van der Waals surface area contributed by atoms with Crippen LogP contribution in [0.3, 0.4) is 0 Å². The third-order valence-electron chi connectivity index (χ3n) is 2.42. The second-order valence-electron chi connectivity index (χ2n) is 3.53. The molecule has 70 valence electrons. The average molecular weight is 169 g/mol. The minimum Gasteiger partial charge on any atom is -0.388 e. The molecular formula is C9H19N3.